The van der Waals surface area contributed by atoms with Gasteiger partial charge in [0.2, 0.25) is 5.90 Å². The molecule has 2 aromatic carbocycles. The molecule has 0 spiro atoms. The van der Waals surface area contributed by atoms with E-state index in [1.807, 2.05) is 73.7 Å². The van der Waals surface area contributed by atoms with Crippen LogP contribution >= 0.6 is 0 Å². The van der Waals surface area contributed by atoms with Crippen molar-refractivity contribution in [1.82, 2.24) is 0 Å². The van der Waals surface area contributed by atoms with Gasteiger partial charge in [-0.25, -0.2) is 4.99 Å². The van der Waals surface area contributed by atoms with Gasteiger partial charge in [0.25, 0.3) is 0 Å². The van der Waals surface area contributed by atoms with Gasteiger partial charge in [0.1, 0.15) is 12.4 Å². The molecule has 0 radical (unpaired) electrons. The van der Waals surface area contributed by atoms with E-state index in [1.165, 1.54) is 0 Å². The Morgan fingerprint density at radius 1 is 1.05 bits per heavy atom. The van der Waals surface area contributed by atoms with Crippen LogP contribution in [0.2, 0.25) is 0 Å². The van der Waals surface area contributed by atoms with Gasteiger partial charge in [-0.15, -0.1) is 0 Å². The quantitative estimate of drug-likeness (QED) is 0.463. The molecule has 21 heavy (non-hydrogen) atoms. The van der Waals surface area contributed by atoms with Gasteiger partial charge in [0, 0.05) is 5.56 Å². The lowest BCUT2D eigenvalue weighted by molar-refractivity contribution is 0.351. The van der Waals surface area contributed by atoms with E-state index in [9.17, 15) is 0 Å². The van der Waals surface area contributed by atoms with E-state index in [-0.39, 0.29) is 0 Å². The second kappa shape index (κ2) is 7.90. The average molecular weight is 281 g/mol. The predicted octanol–water partition coefficient (Wildman–Crippen LogP) is 4.37. The Morgan fingerprint density at radius 2 is 1.76 bits per heavy atom. The largest absolute Gasteiger partial charge is 0.497 e. The van der Waals surface area contributed by atoms with Gasteiger partial charge in [-0.1, -0.05) is 30.4 Å². The first-order valence-corrected chi connectivity index (χ1v) is 6.85. The zero-order chi connectivity index (χ0) is 14.9. The Bertz CT molecular complexity index is 601. The van der Waals surface area contributed by atoms with E-state index in [4.69, 9.17) is 9.47 Å². The molecule has 0 N–H and O–H groups in total. The van der Waals surface area contributed by atoms with E-state index < -0.39 is 0 Å². The highest BCUT2D eigenvalue weighted by molar-refractivity contribution is 5.95. The summed E-state index contributed by atoms with van der Waals surface area (Å²) in [6, 6.07) is 17.5. The maximum Gasteiger partial charge on any atom is 0.221 e. The van der Waals surface area contributed by atoms with Crippen molar-refractivity contribution in [2.75, 3.05) is 13.7 Å². The number of hydrogen-bond acceptors (Lipinski definition) is 3. The van der Waals surface area contributed by atoms with Crippen molar-refractivity contribution in [2.24, 2.45) is 4.99 Å². The summed E-state index contributed by atoms with van der Waals surface area (Å²) in [4.78, 5) is 4.58. The molecule has 0 aliphatic carbocycles. The summed E-state index contributed by atoms with van der Waals surface area (Å²) in [7, 11) is 1.65. The normalized spacial score (nSPS) is 11.6. The van der Waals surface area contributed by atoms with Crippen LogP contribution in [-0.4, -0.2) is 19.6 Å². The van der Waals surface area contributed by atoms with Crippen molar-refractivity contribution >= 4 is 11.6 Å². The fourth-order valence-electron chi connectivity index (χ4n) is 1.76. The highest BCUT2D eigenvalue weighted by atomic mass is 16.5. The second-order valence-electron chi connectivity index (χ2n) is 4.36. The molecule has 0 aromatic heterocycles. The van der Waals surface area contributed by atoms with E-state index in [1.54, 1.807) is 7.11 Å². The van der Waals surface area contributed by atoms with Crippen LogP contribution in [-0.2, 0) is 4.74 Å². The fraction of sp³-hybridized carbons (Fsp3) is 0.167. The first kappa shape index (κ1) is 14.9. The third-order valence-corrected chi connectivity index (χ3v) is 2.88. The molecule has 3 heteroatoms. The monoisotopic (exact) mass is 281 g/mol. The van der Waals surface area contributed by atoms with Gasteiger partial charge in [-0.3, -0.25) is 0 Å². The van der Waals surface area contributed by atoms with Crippen LogP contribution < -0.4 is 4.74 Å². The maximum atomic E-state index is 5.76. The van der Waals surface area contributed by atoms with Crippen LogP contribution in [0.3, 0.4) is 0 Å². The Labute approximate surface area is 125 Å². The lowest BCUT2D eigenvalue weighted by atomic mass is 10.2. The van der Waals surface area contributed by atoms with E-state index in [2.05, 4.69) is 4.99 Å². The third kappa shape index (κ3) is 4.49. The van der Waals surface area contributed by atoms with Crippen LogP contribution in [0, 0.1) is 0 Å². The lowest BCUT2D eigenvalue weighted by Gasteiger charge is -2.08. The Balaban J connectivity index is 2.26. The number of rotatable bonds is 5. The Kier molecular flexibility index (Phi) is 5.59. The SMILES string of the molecule is C/C=C/COC(=Nc1ccc(OC)cc1)c1ccccc1. The van der Waals surface area contributed by atoms with E-state index in [0.717, 1.165) is 17.0 Å². The van der Waals surface area contributed by atoms with Gasteiger partial charge >= 0.3 is 0 Å². The molecular formula is C18H19NO2. The zero-order valence-electron chi connectivity index (χ0n) is 12.3. The van der Waals surface area contributed by atoms with Gasteiger partial charge in [0.05, 0.1) is 12.8 Å². The third-order valence-electron chi connectivity index (χ3n) is 2.88. The van der Waals surface area contributed by atoms with Crippen LogP contribution in [0.1, 0.15) is 12.5 Å². The van der Waals surface area contributed by atoms with Crippen LogP contribution in [0.4, 0.5) is 5.69 Å². The fourth-order valence-corrected chi connectivity index (χ4v) is 1.76. The first-order valence-electron chi connectivity index (χ1n) is 6.85. The van der Waals surface area contributed by atoms with Crippen molar-refractivity contribution < 1.29 is 9.47 Å². The molecule has 0 atom stereocenters. The van der Waals surface area contributed by atoms with E-state index in [0.29, 0.717) is 12.5 Å². The topological polar surface area (TPSA) is 30.8 Å². The van der Waals surface area contributed by atoms with Crippen molar-refractivity contribution in [2.45, 2.75) is 6.92 Å². The molecule has 0 saturated heterocycles. The van der Waals surface area contributed by atoms with Gasteiger partial charge in [0.15, 0.2) is 0 Å². The summed E-state index contributed by atoms with van der Waals surface area (Å²) in [6.45, 7) is 2.46. The average Bonchev–Trinajstić information content (AvgIpc) is 2.55. The number of ether oxygens (including phenoxy) is 2. The van der Waals surface area contributed by atoms with Crippen LogP contribution in [0.5, 0.6) is 5.75 Å². The first-order chi connectivity index (χ1) is 10.3. The van der Waals surface area contributed by atoms with Crippen molar-refractivity contribution in [3.8, 4) is 5.75 Å². The van der Waals surface area contributed by atoms with Crippen molar-refractivity contribution in [3.63, 3.8) is 0 Å². The number of nitrogens with zero attached hydrogens (tertiary/aromatic N) is 1. The highest BCUT2D eigenvalue weighted by Crippen LogP contribution is 2.19. The molecule has 0 fully saturated rings. The molecule has 2 aromatic rings. The molecule has 0 saturated carbocycles. The number of hydrogen-bond donors (Lipinski definition) is 0. The summed E-state index contributed by atoms with van der Waals surface area (Å²) in [5.41, 5.74) is 1.79. The molecule has 0 aliphatic rings. The van der Waals surface area contributed by atoms with E-state index >= 15 is 0 Å². The van der Waals surface area contributed by atoms with Gasteiger partial charge in [-0.05, 0) is 43.3 Å². The molecule has 2 rings (SSSR count). The minimum Gasteiger partial charge on any atom is -0.497 e. The molecule has 108 valence electrons. The van der Waals surface area contributed by atoms with Gasteiger partial charge in [-0.2, -0.15) is 0 Å². The molecular weight excluding hydrogens is 262 g/mol. The maximum absolute atomic E-state index is 5.76. The lowest BCUT2D eigenvalue weighted by Crippen LogP contribution is -2.06. The molecule has 0 heterocycles. The highest BCUT2D eigenvalue weighted by Gasteiger charge is 2.04. The Morgan fingerprint density at radius 3 is 2.38 bits per heavy atom. The Hall–Kier alpha value is -2.55. The number of aliphatic imine (C=N–C) groups is 1. The number of allylic oxidation sites excluding steroid dienone is 1. The number of benzene rings is 2. The van der Waals surface area contributed by atoms with Crippen LogP contribution in [0.25, 0.3) is 0 Å². The predicted molar refractivity (Wildman–Crippen MR) is 86.4 cm³/mol. The van der Waals surface area contributed by atoms with Crippen LogP contribution in [0.15, 0.2) is 71.7 Å². The van der Waals surface area contributed by atoms with Crippen molar-refractivity contribution in [1.29, 1.82) is 0 Å². The summed E-state index contributed by atoms with van der Waals surface area (Å²) in [6.07, 6.45) is 3.91. The molecule has 0 bridgehead atoms. The molecule has 0 amide bonds. The smallest absolute Gasteiger partial charge is 0.221 e. The molecule has 0 aliphatic heterocycles. The minimum absolute atomic E-state index is 0.500. The molecule has 3 nitrogen and oxygen atoms in total. The summed E-state index contributed by atoms with van der Waals surface area (Å²) < 4.78 is 10.9. The zero-order valence-corrected chi connectivity index (χ0v) is 12.3. The minimum atomic E-state index is 0.500. The second-order valence-corrected chi connectivity index (χ2v) is 4.36. The summed E-state index contributed by atoms with van der Waals surface area (Å²) >= 11 is 0. The summed E-state index contributed by atoms with van der Waals surface area (Å²) in [5.74, 6) is 1.42. The van der Waals surface area contributed by atoms with Gasteiger partial charge < -0.3 is 9.47 Å². The molecule has 0 unspecified atom stereocenters. The summed E-state index contributed by atoms with van der Waals surface area (Å²) in [5, 5.41) is 0. The van der Waals surface area contributed by atoms with Crippen molar-refractivity contribution in [3.05, 3.63) is 72.3 Å². The number of methoxy groups -OCH3 is 1. The standard InChI is InChI=1S/C18H19NO2/c1-3-4-14-21-18(15-8-6-5-7-9-15)19-16-10-12-17(20-2)13-11-16/h3-13H,14H2,1-2H3/b4-3+,19-18?.